The second kappa shape index (κ2) is 9.98. The maximum absolute atomic E-state index is 15.2. The highest BCUT2D eigenvalue weighted by atomic mass is 19.4. The van der Waals surface area contributed by atoms with Gasteiger partial charge in [0.2, 0.25) is 5.82 Å². The molecule has 0 heterocycles. The summed E-state index contributed by atoms with van der Waals surface area (Å²) in [4.78, 5) is 0. The van der Waals surface area contributed by atoms with Crippen LogP contribution in [0.25, 0.3) is 0 Å². The number of rotatable bonds is 4. The van der Waals surface area contributed by atoms with Crippen molar-refractivity contribution in [3.05, 3.63) is 69.5 Å². The van der Waals surface area contributed by atoms with Gasteiger partial charge in [-0.2, -0.15) is 43.9 Å². The SMILES string of the molecule is Nc1c(F)c(F)c(C(F)(F)F)c(Oc2ccc(C(F)(F)F)c(Oc3c(F)c(N)c(F)c(F)c3C(F)(F)F)c2F)c1F. The Balaban J connectivity index is 2.37. The molecule has 4 nitrogen and oxygen atoms in total. The molecule has 41 heavy (non-hydrogen) atoms. The molecule has 4 N–H and O–H groups in total. The molecule has 0 aliphatic carbocycles. The van der Waals surface area contributed by atoms with Gasteiger partial charge in [0.25, 0.3) is 0 Å². The Morgan fingerprint density at radius 1 is 0.439 bits per heavy atom. The number of alkyl halides is 9. The lowest BCUT2D eigenvalue weighted by atomic mass is 10.1. The van der Waals surface area contributed by atoms with Crippen LogP contribution in [0.5, 0.6) is 23.0 Å². The summed E-state index contributed by atoms with van der Waals surface area (Å²) in [6.45, 7) is 0. The zero-order valence-corrected chi connectivity index (χ0v) is 18.7. The molecular formula is C21H6F16N2O2. The van der Waals surface area contributed by atoms with Crippen LogP contribution in [0.1, 0.15) is 16.7 Å². The Morgan fingerprint density at radius 2 is 0.829 bits per heavy atom. The van der Waals surface area contributed by atoms with Crippen LogP contribution in [0.4, 0.5) is 81.6 Å². The van der Waals surface area contributed by atoms with E-state index in [0.29, 0.717) is 0 Å². The van der Waals surface area contributed by atoms with Gasteiger partial charge in [-0.05, 0) is 12.1 Å². The highest BCUT2D eigenvalue weighted by molar-refractivity contribution is 5.58. The van der Waals surface area contributed by atoms with Crippen LogP contribution in [0.2, 0.25) is 0 Å². The number of anilines is 2. The molecule has 0 amide bonds. The summed E-state index contributed by atoms with van der Waals surface area (Å²) >= 11 is 0. The molecule has 3 rings (SSSR count). The van der Waals surface area contributed by atoms with Crippen molar-refractivity contribution in [2.45, 2.75) is 18.5 Å². The van der Waals surface area contributed by atoms with Crippen molar-refractivity contribution in [1.82, 2.24) is 0 Å². The van der Waals surface area contributed by atoms with Crippen molar-refractivity contribution >= 4 is 11.4 Å². The molecule has 0 atom stereocenters. The van der Waals surface area contributed by atoms with Crippen LogP contribution in [-0.4, -0.2) is 0 Å². The van der Waals surface area contributed by atoms with Gasteiger partial charge in [-0.3, -0.25) is 0 Å². The highest BCUT2D eigenvalue weighted by Gasteiger charge is 2.46. The lowest BCUT2D eigenvalue weighted by Gasteiger charge is -2.21. The first-order chi connectivity index (χ1) is 18.5. The maximum Gasteiger partial charge on any atom is 0.423 e. The van der Waals surface area contributed by atoms with Gasteiger partial charge in [0, 0.05) is 0 Å². The molecule has 0 radical (unpaired) electrons. The minimum atomic E-state index is -6.15. The van der Waals surface area contributed by atoms with Gasteiger partial charge in [0.05, 0.1) is 0 Å². The van der Waals surface area contributed by atoms with E-state index in [-0.39, 0.29) is 12.1 Å². The first-order valence-corrected chi connectivity index (χ1v) is 9.83. The van der Waals surface area contributed by atoms with Gasteiger partial charge in [0.15, 0.2) is 57.9 Å². The van der Waals surface area contributed by atoms with Crippen molar-refractivity contribution in [2.24, 2.45) is 0 Å². The van der Waals surface area contributed by atoms with Crippen LogP contribution >= 0.6 is 0 Å². The standard InChI is InChI=1S/C21H6F16N2O2/c22-7-4(40-17-5(20(32,33)34)8(23)10(25)14(38)12(17)27)2-1-3(19(29,30)31)16(7)41-18-6(21(35,36)37)9(24)11(26)15(39)13(18)28/h1-2H,38-39H2. The number of nitrogens with two attached hydrogens (primary N) is 2. The predicted octanol–water partition coefficient (Wildman–Crippen LogP) is 8.47. The quantitative estimate of drug-likeness (QED) is 0.174. The van der Waals surface area contributed by atoms with Crippen molar-refractivity contribution in [2.75, 3.05) is 11.5 Å². The summed E-state index contributed by atoms with van der Waals surface area (Å²) in [5, 5.41) is 0. The fourth-order valence-corrected chi connectivity index (χ4v) is 3.16. The van der Waals surface area contributed by atoms with Crippen molar-refractivity contribution < 1.29 is 79.7 Å². The Labute approximate surface area is 214 Å². The third-order valence-corrected chi connectivity index (χ3v) is 4.97. The zero-order valence-electron chi connectivity index (χ0n) is 18.7. The lowest BCUT2D eigenvalue weighted by Crippen LogP contribution is -2.17. The highest BCUT2D eigenvalue weighted by Crippen LogP contribution is 2.50. The number of hydrogen-bond acceptors (Lipinski definition) is 4. The summed E-state index contributed by atoms with van der Waals surface area (Å²) in [5.41, 5.74) is -2.98. The maximum atomic E-state index is 15.2. The number of halogens is 16. The van der Waals surface area contributed by atoms with Gasteiger partial charge in [-0.25, -0.2) is 26.3 Å². The lowest BCUT2D eigenvalue weighted by molar-refractivity contribution is -0.142. The summed E-state index contributed by atoms with van der Waals surface area (Å²) in [5.74, 6) is -29.0. The molecule has 0 unspecified atom stereocenters. The molecule has 3 aromatic rings. The third kappa shape index (κ3) is 5.41. The molecule has 0 fully saturated rings. The van der Waals surface area contributed by atoms with Gasteiger partial charge < -0.3 is 20.9 Å². The molecule has 0 saturated heterocycles. The smallest absolute Gasteiger partial charge is 0.423 e. The summed E-state index contributed by atoms with van der Waals surface area (Å²) < 4.78 is 228. The fourth-order valence-electron chi connectivity index (χ4n) is 3.16. The monoisotopic (exact) mass is 622 g/mol. The minimum Gasteiger partial charge on any atom is -0.450 e. The molecule has 20 heteroatoms. The molecule has 0 aromatic heterocycles. The Kier molecular flexibility index (Phi) is 7.61. The third-order valence-electron chi connectivity index (χ3n) is 4.97. The summed E-state index contributed by atoms with van der Waals surface area (Å²) in [7, 11) is 0. The van der Waals surface area contributed by atoms with Gasteiger partial charge in [0.1, 0.15) is 28.1 Å². The average Bonchev–Trinajstić information content (AvgIpc) is 2.82. The van der Waals surface area contributed by atoms with Gasteiger partial charge in [-0.1, -0.05) is 0 Å². The van der Waals surface area contributed by atoms with Crippen LogP contribution in [0.15, 0.2) is 12.1 Å². The van der Waals surface area contributed by atoms with Gasteiger partial charge >= 0.3 is 18.5 Å². The molecule has 0 aliphatic rings. The largest absolute Gasteiger partial charge is 0.450 e. The van der Waals surface area contributed by atoms with E-state index in [4.69, 9.17) is 11.5 Å². The van der Waals surface area contributed by atoms with Crippen LogP contribution in [-0.2, 0) is 18.5 Å². The fraction of sp³-hybridized carbons (Fsp3) is 0.143. The number of hydrogen-bond donors (Lipinski definition) is 2. The molecule has 0 spiro atoms. The molecule has 224 valence electrons. The Morgan fingerprint density at radius 3 is 1.20 bits per heavy atom. The number of ether oxygens (including phenoxy) is 2. The van der Waals surface area contributed by atoms with E-state index >= 15 is 4.39 Å². The van der Waals surface area contributed by atoms with Crippen molar-refractivity contribution in [3.63, 3.8) is 0 Å². The van der Waals surface area contributed by atoms with E-state index in [1.54, 1.807) is 0 Å². The summed E-state index contributed by atoms with van der Waals surface area (Å²) in [6.07, 6.45) is -18.0. The molecule has 0 aliphatic heterocycles. The van der Waals surface area contributed by atoms with E-state index in [0.717, 1.165) is 0 Å². The topological polar surface area (TPSA) is 70.5 Å². The Bertz CT molecular complexity index is 1540. The van der Waals surface area contributed by atoms with E-state index in [2.05, 4.69) is 9.47 Å². The second-order valence-corrected chi connectivity index (χ2v) is 7.57. The Hall–Kier alpha value is -4.26. The number of nitrogen functional groups attached to an aromatic ring is 2. The molecule has 3 aromatic carbocycles. The van der Waals surface area contributed by atoms with Crippen LogP contribution in [0, 0.1) is 40.7 Å². The average molecular weight is 622 g/mol. The molecule has 0 saturated carbocycles. The molecular weight excluding hydrogens is 616 g/mol. The molecule has 0 bridgehead atoms. The van der Waals surface area contributed by atoms with E-state index in [1.807, 2.05) is 0 Å². The first-order valence-electron chi connectivity index (χ1n) is 9.83. The first kappa shape index (κ1) is 31.3. The van der Waals surface area contributed by atoms with Crippen LogP contribution < -0.4 is 20.9 Å². The van der Waals surface area contributed by atoms with E-state index in [9.17, 15) is 65.9 Å². The van der Waals surface area contributed by atoms with E-state index in [1.165, 1.54) is 0 Å². The minimum absolute atomic E-state index is 0.220. The van der Waals surface area contributed by atoms with Crippen molar-refractivity contribution in [3.8, 4) is 23.0 Å². The second-order valence-electron chi connectivity index (χ2n) is 7.57. The number of benzene rings is 3. The summed E-state index contributed by atoms with van der Waals surface area (Å²) in [6, 6.07) is -0.584. The van der Waals surface area contributed by atoms with Crippen molar-refractivity contribution in [1.29, 1.82) is 0 Å². The predicted molar refractivity (Wildman–Crippen MR) is 103 cm³/mol. The normalized spacial score (nSPS) is 12.6. The van der Waals surface area contributed by atoms with Crippen LogP contribution in [0.3, 0.4) is 0 Å². The van der Waals surface area contributed by atoms with E-state index < -0.39 is 110 Å². The zero-order chi connectivity index (χ0) is 31.6. The van der Waals surface area contributed by atoms with Gasteiger partial charge in [-0.15, -0.1) is 0 Å².